The molecule has 0 aliphatic carbocycles. The van der Waals surface area contributed by atoms with Crippen molar-refractivity contribution in [1.29, 1.82) is 0 Å². The number of aliphatic hydroxyl groups is 1. The summed E-state index contributed by atoms with van der Waals surface area (Å²) in [5.74, 6) is -1.97. The number of fused-ring (bicyclic) bond motifs is 1. The number of nitrogens with one attached hydrogen (secondary N) is 2. The second kappa shape index (κ2) is 12.0. The fourth-order valence-corrected chi connectivity index (χ4v) is 7.09. The first-order chi connectivity index (χ1) is 17.4. The highest BCUT2D eigenvalue weighted by atomic mass is 79.9. The van der Waals surface area contributed by atoms with Crippen LogP contribution in [0.2, 0.25) is 0 Å². The van der Waals surface area contributed by atoms with Gasteiger partial charge in [-0.05, 0) is 37.8 Å². The standard InChI is InChI=1S/C27H38BrN3O5/c1-2-3-9-14-29-25(34)23-27-17-19(28)22(36-27)20(24(33)30-18-12-7-6-8-13-18)21(27)26(35)31(23)15-10-4-5-11-16-32/h6-8,12-13,19-23,32H,2-5,9-11,14-17H2,1H3,(H,29,34)(H,30,33)/t19?,20-,21+,22-,23?,27?/m1/s1. The maximum absolute atomic E-state index is 13.9. The van der Waals surface area contributed by atoms with E-state index in [1.807, 2.05) is 30.3 Å². The largest absolute Gasteiger partial charge is 0.396 e. The third-order valence-electron chi connectivity index (χ3n) is 7.77. The highest BCUT2D eigenvalue weighted by Crippen LogP contribution is 2.60. The van der Waals surface area contributed by atoms with Crippen molar-refractivity contribution in [3.05, 3.63) is 30.3 Å². The summed E-state index contributed by atoms with van der Waals surface area (Å²) in [6.45, 7) is 3.25. The number of hydrogen-bond donors (Lipinski definition) is 3. The molecule has 2 bridgehead atoms. The second-order valence-electron chi connectivity index (χ2n) is 10.2. The molecule has 36 heavy (non-hydrogen) atoms. The molecule has 3 N–H and O–H groups in total. The fraction of sp³-hybridized carbons (Fsp3) is 0.667. The van der Waals surface area contributed by atoms with E-state index in [2.05, 4.69) is 33.5 Å². The number of carbonyl (C=O) groups excluding carboxylic acids is 3. The maximum atomic E-state index is 13.9. The van der Waals surface area contributed by atoms with Crippen molar-refractivity contribution in [2.24, 2.45) is 11.8 Å². The van der Waals surface area contributed by atoms with Crippen LogP contribution in [-0.4, -0.2) is 70.0 Å². The Morgan fingerprint density at radius 3 is 2.58 bits per heavy atom. The van der Waals surface area contributed by atoms with Crippen molar-refractivity contribution in [2.75, 3.05) is 25.0 Å². The third kappa shape index (κ3) is 5.20. The van der Waals surface area contributed by atoms with Gasteiger partial charge in [-0.2, -0.15) is 0 Å². The molecule has 4 rings (SSSR count). The number of para-hydroxylation sites is 1. The van der Waals surface area contributed by atoms with Gasteiger partial charge < -0.3 is 25.4 Å². The number of rotatable bonds is 13. The Hall–Kier alpha value is -1.97. The number of benzene rings is 1. The van der Waals surface area contributed by atoms with Crippen LogP contribution in [0.3, 0.4) is 0 Å². The predicted molar refractivity (Wildman–Crippen MR) is 141 cm³/mol. The summed E-state index contributed by atoms with van der Waals surface area (Å²) in [6, 6.07) is 8.45. The highest BCUT2D eigenvalue weighted by Gasteiger charge is 2.76. The first kappa shape index (κ1) is 27.1. The van der Waals surface area contributed by atoms with Crippen LogP contribution in [0, 0.1) is 11.8 Å². The van der Waals surface area contributed by atoms with E-state index in [-0.39, 0.29) is 29.2 Å². The molecule has 9 heteroatoms. The first-order valence-corrected chi connectivity index (χ1v) is 14.2. The van der Waals surface area contributed by atoms with Crippen molar-refractivity contribution >= 4 is 39.3 Å². The lowest BCUT2D eigenvalue weighted by Crippen LogP contribution is -2.56. The molecule has 1 aromatic carbocycles. The zero-order valence-corrected chi connectivity index (χ0v) is 22.5. The molecule has 3 heterocycles. The second-order valence-corrected chi connectivity index (χ2v) is 11.4. The molecule has 198 valence electrons. The molecule has 6 atom stereocenters. The predicted octanol–water partition coefficient (Wildman–Crippen LogP) is 3.23. The summed E-state index contributed by atoms with van der Waals surface area (Å²) in [6.07, 6.45) is 6.18. The van der Waals surface area contributed by atoms with Gasteiger partial charge in [0.2, 0.25) is 17.7 Å². The van der Waals surface area contributed by atoms with Crippen LogP contribution in [0.4, 0.5) is 5.69 Å². The van der Waals surface area contributed by atoms with Gasteiger partial charge in [-0.1, -0.05) is 66.7 Å². The molecule has 0 aromatic heterocycles. The number of amides is 3. The van der Waals surface area contributed by atoms with Crippen LogP contribution in [-0.2, 0) is 19.1 Å². The third-order valence-corrected chi connectivity index (χ3v) is 8.61. The van der Waals surface area contributed by atoms with E-state index >= 15 is 0 Å². The zero-order valence-electron chi connectivity index (χ0n) is 21.0. The van der Waals surface area contributed by atoms with Crippen molar-refractivity contribution in [2.45, 2.75) is 80.9 Å². The molecular formula is C27H38BrN3O5. The van der Waals surface area contributed by atoms with E-state index in [9.17, 15) is 14.4 Å². The van der Waals surface area contributed by atoms with E-state index in [0.717, 1.165) is 44.9 Å². The van der Waals surface area contributed by atoms with E-state index in [0.29, 0.717) is 25.2 Å². The monoisotopic (exact) mass is 563 g/mol. The van der Waals surface area contributed by atoms with Gasteiger partial charge in [0.15, 0.2) is 0 Å². The number of hydrogen-bond acceptors (Lipinski definition) is 5. The van der Waals surface area contributed by atoms with Gasteiger partial charge >= 0.3 is 0 Å². The summed E-state index contributed by atoms with van der Waals surface area (Å²) < 4.78 is 6.51. The van der Waals surface area contributed by atoms with Crippen LogP contribution in [0.15, 0.2) is 30.3 Å². The van der Waals surface area contributed by atoms with Crippen LogP contribution in [0.25, 0.3) is 0 Å². The topological polar surface area (TPSA) is 108 Å². The minimum atomic E-state index is -1.02. The van der Waals surface area contributed by atoms with Gasteiger partial charge in [0.25, 0.3) is 0 Å². The SMILES string of the molecule is CCCCCNC(=O)C1N(CCCCCCO)C(=O)[C@@H]2[C@@H](C(=O)Nc3ccccc3)[C@@H]3OC12CC3Br. The van der Waals surface area contributed by atoms with Gasteiger partial charge in [-0.25, -0.2) is 0 Å². The quantitative estimate of drug-likeness (QED) is 0.252. The minimum absolute atomic E-state index is 0.118. The summed E-state index contributed by atoms with van der Waals surface area (Å²) in [7, 11) is 0. The number of anilines is 1. The Morgan fingerprint density at radius 1 is 1.11 bits per heavy atom. The lowest BCUT2D eigenvalue weighted by molar-refractivity contribution is -0.141. The molecule has 3 aliphatic rings. The Morgan fingerprint density at radius 2 is 1.86 bits per heavy atom. The Bertz CT molecular complexity index is 931. The van der Waals surface area contributed by atoms with Gasteiger partial charge in [0, 0.05) is 30.2 Å². The van der Waals surface area contributed by atoms with Crippen molar-refractivity contribution < 1.29 is 24.2 Å². The molecular weight excluding hydrogens is 526 g/mol. The molecule has 3 unspecified atom stereocenters. The summed E-state index contributed by atoms with van der Waals surface area (Å²) in [5, 5.41) is 15.1. The Kier molecular flexibility index (Phi) is 9.06. The van der Waals surface area contributed by atoms with Crippen LogP contribution < -0.4 is 10.6 Å². The molecule has 3 aliphatic heterocycles. The fourth-order valence-electron chi connectivity index (χ4n) is 6.15. The first-order valence-electron chi connectivity index (χ1n) is 13.3. The minimum Gasteiger partial charge on any atom is -0.396 e. The average molecular weight is 565 g/mol. The number of nitrogens with zero attached hydrogens (tertiary/aromatic N) is 1. The summed E-state index contributed by atoms with van der Waals surface area (Å²) in [4.78, 5) is 42.5. The Balaban J connectivity index is 1.58. The van der Waals surface area contributed by atoms with Crippen molar-refractivity contribution in [1.82, 2.24) is 10.2 Å². The van der Waals surface area contributed by atoms with Crippen LogP contribution in [0.1, 0.15) is 58.3 Å². The number of halogens is 1. The number of carbonyl (C=O) groups is 3. The summed E-state index contributed by atoms with van der Waals surface area (Å²) >= 11 is 3.70. The lowest BCUT2D eigenvalue weighted by Gasteiger charge is -2.34. The highest BCUT2D eigenvalue weighted by molar-refractivity contribution is 9.09. The molecule has 0 radical (unpaired) electrons. The number of unbranched alkanes of at least 4 members (excludes halogenated alkanes) is 5. The van der Waals surface area contributed by atoms with Crippen LogP contribution in [0.5, 0.6) is 0 Å². The van der Waals surface area contributed by atoms with Crippen molar-refractivity contribution in [3.8, 4) is 0 Å². The molecule has 0 saturated carbocycles. The average Bonchev–Trinajstić information content (AvgIpc) is 3.45. The normalized spacial score (nSPS) is 30.5. The number of ether oxygens (including phenoxy) is 1. The van der Waals surface area contributed by atoms with Gasteiger partial charge in [-0.15, -0.1) is 0 Å². The molecule has 3 saturated heterocycles. The molecule has 3 amide bonds. The van der Waals surface area contributed by atoms with Crippen LogP contribution >= 0.6 is 15.9 Å². The van der Waals surface area contributed by atoms with Gasteiger partial charge in [0.05, 0.1) is 17.9 Å². The maximum Gasteiger partial charge on any atom is 0.245 e. The van der Waals surface area contributed by atoms with Gasteiger partial charge in [0.1, 0.15) is 11.6 Å². The zero-order chi connectivity index (χ0) is 25.7. The molecule has 1 aromatic rings. The van der Waals surface area contributed by atoms with Gasteiger partial charge in [-0.3, -0.25) is 14.4 Å². The van der Waals surface area contributed by atoms with E-state index in [1.54, 1.807) is 4.90 Å². The lowest BCUT2D eigenvalue weighted by atomic mass is 9.70. The summed E-state index contributed by atoms with van der Waals surface area (Å²) in [5.41, 5.74) is -0.351. The van der Waals surface area contributed by atoms with E-state index in [1.165, 1.54) is 0 Å². The number of aliphatic hydroxyl groups excluding tert-OH is 1. The molecule has 8 nitrogen and oxygen atoms in total. The number of alkyl halides is 1. The molecule has 1 spiro atoms. The number of likely N-dealkylation sites (tertiary alicyclic amines) is 1. The van der Waals surface area contributed by atoms with E-state index in [4.69, 9.17) is 9.84 Å². The van der Waals surface area contributed by atoms with Crippen molar-refractivity contribution in [3.63, 3.8) is 0 Å². The van der Waals surface area contributed by atoms with E-state index < -0.39 is 29.6 Å². The smallest absolute Gasteiger partial charge is 0.245 e. The Labute approximate surface area is 221 Å². The molecule has 3 fully saturated rings.